The Labute approximate surface area is 190 Å². The number of aliphatic hydroxyl groups excluding tert-OH is 2. The van der Waals surface area contributed by atoms with Crippen LogP contribution >= 0.6 is 0 Å². The van der Waals surface area contributed by atoms with Gasteiger partial charge in [0.15, 0.2) is 12.2 Å². The lowest BCUT2D eigenvalue weighted by atomic mass is 9.96. The van der Waals surface area contributed by atoms with Gasteiger partial charge in [0.05, 0.1) is 6.61 Å². The fraction of sp³-hybridized carbons (Fsp3) is 0.950. The molecular weight excluding hydrogens is 446 g/mol. The van der Waals surface area contributed by atoms with Crippen LogP contribution in [0, 0.1) is 0 Å². The van der Waals surface area contributed by atoms with E-state index >= 15 is 0 Å². The number of hydrogen-bond donors (Lipinski definition) is 5. The molecule has 1 saturated heterocycles. The summed E-state index contributed by atoms with van der Waals surface area (Å²) < 4.78 is 45.5. The van der Waals surface area contributed by atoms with Gasteiger partial charge < -0.3 is 24.8 Å². The number of esters is 1. The summed E-state index contributed by atoms with van der Waals surface area (Å²) in [6.45, 7) is 1.30. The maximum atomic E-state index is 12.2. The molecule has 190 valence electrons. The van der Waals surface area contributed by atoms with Crippen molar-refractivity contribution in [3.63, 3.8) is 0 Å². The zero-order valence-corrected chi connectivity index (χ0v) is 19.5. The van der Waals surface area contributed by atoms with Crippen LogP contribution in [0.3, 0.4) is 0 Å². The highest BCUT2D eigenvalue weighted by Crippen LogP contribution is 2.30. The predicted molar refractivity (Wildman–Crippen MR) is 114 cm³/mol. The number of carbonyl (C=O) groups excluding carboxylic acids is 1. The third kappa shape index (κ3) is 10.8. The Bertz CT molecular complexity index is 642. The van der Waals surface area contributed by atoms with Crippen molar-refractivity contribution >= 4 is 16.4 Å². The van der Waals surface area contributed by atoms with Crippen LogP contribution in [-0.4, -0.2) is 71.2 Å². The van der Waals surface area contributed by atoms with Crippen LogP contribution in [0.1, 0.15) is 84.0 Å². The van der Waals surface area contributed by atoms with E-state index in [0.29, 0.717) is 6.42 Å². The molecule has 0 spiro atoms. The quantitative estimate of drug-likeness (QED) is 0.0913. The first-order valence-corrected chi connectivity index (χ1v) is 12.7. The topological polar surface area (TPSA) is 186 Å². The zero-order chi connectivity index (χ0) is 24.2. The Morgan fingerprint density at radius 3 is 1.97 bits per heavy atom. The van der Waals surface area contributed by atoms with Gasteiger partial charge in [-0.2, -0.15) is 8.42 Å². The third-order valence-corrected chi connectivity index (χ3v) is 5.90. The smallest absolute Gasteiger partial charge is 0.397 e. The molecule has 1 aliphatic rings. The van der Waals surface area contributed by atoms with Gasteiger partial charge in [0, 0.05) is 6.42 Å². The van der Waals surface area contributed by atoms with E-state index in [1.54, 1.807) is 0 Å². The van der Waals surface area contributed by atoms with Crippen LogP contribution in [0.5, 0.6) is 0 Å². The Hall–Kier alpha value is -0.860. The number of aliphatic hydroxyl groups is 3. The summed E-state index contributed by atoms with van der Waals surface area (Å²) in [4.78, 5) is 12.2. The summed E-state index contributed by atoms with van der Waals surface area (Å²) in [6.07, 6.45) is 4.76. The summed E-state index contributed by atoms with van der Waals surface area (Å²) in [6, 6.07) is 0. The van der Waals surface area contributed by atoms with Crippen molar-refractivity contribution in [3.05, 3.63) is 0 Å². The van der Waals surface area contributed by atoms with Gasteiger partial charge in [-0.15, -0.1) is 0 Å². The zero-order valence-electron chi connectivity index (χ0n) is 18.7. The monoisotopic (exact) mass is 485 g/mol. The van der Waals surface area contributed by atoms with Gasteiger partial charge in [0.25, 0.3) is 5.91 Å². The number of unbranched alkanes of at least 4 members (excludes halogenated alkanes) is 10. The average molecular weight is 486 g/mol. The Balaban J connectivity index is 2.43. The normalized spacial score (nSPS) is 28.6. The second-order valence-electron chi connectivity index (χ2n) is 8.26. The largest absolute Gasteiger partial charge is 0.456 e. The van der Waals surface area contributed by atoms with Gasteiger partial charge >= 0.3 is 16.4 Å². The van der Waals surface area contributed by atoms with Crippen LogP contribution in [0.25, 0.3) is 0 Å². The van der Waals surface area contributed by atoms with Gasteiger partial charge in [-0.1, -0.05) is 71.1 Å². The fourth-order valence-electron chi connectivity index (χ4n) is 3.68. The molecule has 1 fully saturated rings. The molecule has 0 bridgehead atoms. The van der Waals surface area contributed by atoms with E-state index in [0.717, 1.165) is 25.7 Å². The molecule has 1 unspecified atom stereocenters. The highest BCUT2D eigenvalue weighted by atomic mass is 32.3. The molecule has 0 radical (unpaired) electrons. The number of carbonyl (C=O) groups is 1. The van der Waals surface area contributed by atoms with Crippen LogP contribution in [0.15, 0.2) is 0 Å². The van der Waals surface area contributed by atoms with E-state index in [4.69, 9.17) is 19.8 Å². The van der Waals surface area contributed by atoms with Crippen molar-refractivity contribution in [2.75, 3.05) is 6.61 Å². The lowest BCUT2D eigenvalue weighted by molar-refractivity contribution is -0.344. The first-order chi connectivity index (χ1) is 15.0. The SMILES string of the molecule is CCCCCCCCCCCCCC(=O)O[C@H]1[C@H](OS(=O)(=O)O)[C@@H](CO)OC(N)(O)[C@@H]1O. The molecule has 0 saturated carbocycles. The minimum absolute atomic E-state index is 0.00746. The molecule has 0 aliphatic carbocycles. The summed E-state index contributed by atoms with van der Waals surface area (Å²) in [5.74, 6) is -3.50. The lowest BCUT2D eigenvalue weighted by Gasteiger charge is -2.45. The molecule has 5 atom stereocenters. The highest BCUT2D eigenvalue weighted by Gasteiger charge is 2.55. The van der Waals surface area contributed by atoms with Crippen LogP contribution in [-0.2, 0) is 28.9 Å². The van der Waals surface area contributed by atoms with Crippen molar-refractivity contribution in [1.82, 2.24) is 0 Å². The summed E-state index contributed by atoms with van der Waals surface area (Å²) in [5.41, 5.74) is 5.41. The first kappa shape index (κ1) is 29.2. The van der Waals surface area contributed by atoms with E-state index in [1.165, 1.54) is 38.5 Å². The molecular formula is C20H39NO10S. The molecule has 32 heavy (non-hydrogen) atoms. The van der Waals surface area contributed by atoms with Crippen LogP contribution in [0.4, 0.5) is 0 Å². The Morgan fingerprint density at radius 2 is 1.50 bits per heavy atom. The number of rotatable bonds is 16. The average Bonchev–Trinajstić information content (AvgIpc) is 2.70. The molecule has 1 aliphatic heterocycles. The van der Waals surface area contributed by atoms with E-state index in [9.17, 15) is 28.5 Å². The minimum Gasteiger partial charge on any atom is -0.456 e. The maximum absolute atomic E-state index is 12.2. The summed E-state index contributed by atoms with van der Waals surface area (Å²) in [7, 11) is -5.05. The third-order valence-electron chi connectivity index (χ3n) is 5.43. The fourth-order valence-corrected chi connectivity index (χ4v) is 4.19. The standard InChI is InChI=1S/C20H39NO10S/c1-2-3-4-5-6-7-8-9-10-11-12-13-16(23)29-18-17(31-32(26,27)28)15(14-22)30-20(21,25)19(18)24/h15,17-19,22,24-25H,2-14,21H2,1H3,(H,26,27,28)/t15-,17-,18+,19-,20?/m1/s1. The summed E-state index contributed by atoms with van der Waals surface area (Å²) in [5, 5.41) is 29.5. The van der Waals surface area contributed by atoms with Crippen molar-refractivity contribution in [1.29, 1.82) is 0 Å². The Kier molecular flexibility index (Phi) is 13.1. The maximum Gasteiger partial charge on any atom is 0.397 e. The lowest BCUT2D eigenvalue weighted by Crippen LogP contribution is -2.70. The van der Waals surface area contributed by atoms with Gasteiger partial charge in [0.2, 0.25) is 0 Å². The predicted octanol–water partition coefficient (Wildman–Crippen LogP) is 1.14. The number of hydrogen-bond acceptors (Lipinski definition) is 10. The Morgan fingerprint density at radius 1 is 1.00 bits per heavy atom. The molecule has 0 amide bonds. The molecule has 11 nitrogen and oxygen atoms in total. The second-order valence-corrected chi connectivity index (χ2v) is 9.31. The van der Waals surface area contributed by atoms with Gasteiger partial charge in [-0.25, -0.2) is 4.18 Å². The van der Waals surface area contributed by atoms with E-state index in [1.807, 2.05) is 0 Å². The molecule has 0 aromatic carbocycles. The van der Waals surface area contributed by atoms with E-state index in [-0.39, 0.29) is 6.42 Å². The second kappa shape index (κ2) is 14.4. The van der Waals surface area contributed by atoms with Crippen molar-refractivity contribution in [2.45, 2.75) is 114 Å². The van der Waals surface area contributed by atoms with Gasteiger partial charge in [-0.3, -0.25) is 15.1 Å². The number of ether oxygens (including phenoxy) is 2. The molecule has 6 N–H and O–H groups in total. The van der Waals surface area contributed by atoms with Gasteiger partial charge in [-0.05, 0) is 6.42 Å². The van der Waals surface area contributed by atoms with Crippen molar-refractivity contribution in [2.24, 2.45) is 5.73 Å². The minimum atomic E-state index is -5.05. The first-order valence-electron chi connectivity index (χ1n) is 11.3. The molecule has 12 heteroatoms. The summed E-state index contributed by atoms with van der Waals surface area (Å²) >= 11 is 0. The molecule has 0 aromatic heterocycles. The van der Waals surface area contributed by atoms with Crippen molar-refractivity contribution in [3.8, 4) is 0 Å². The van der Waals surface area contributed by atoms with Crippen molar-refractivity contribution < 1.29 is 46.7 Å². The van der Waals surface area contributed by atoms with E-state index < -0.39 is 53.3 Å². The highest BCUT2D eigenvalue weighted by molar-refractivity contribution is 7.80. The number of nitrogens with two attached hydrogens (primary N) is 1. The van der Waals surface area contributed by atoms with Gasteiger partial charge in [0.1, 0.15) is 12.2 Å². The van der Waals surface area contributed by atoms with Crippen LogP contribution in [0.2, 0.25) is 0 Å². The van der Waals surface area contributed by atoms with Crippen LogP contribution < -0.4 is 5.73 Å². The van der Waals surface area contributed by atoms with E-state index in [2.05, 4.69) is 11.1 Å². The molecule has 0 aromatic rings. The molecule has 1 heterocycles. The molecule has 1 rings (SSSR count).